The highest BCUT2D eigenvalue weighted by atomic mass is 19.1. The van der Waals surface area contributed by atoms with E-state index in [9.17, 15) is 13.6 Å². The van der Waals surface area contributed by atoms with Gasteiger partial charge in [-0.15, -0.1) is 5.10 Å². The topological polar surface area (TPSA) is 62.2 Å². The van der Waals surface area contributed by atoms with Gasteiger partial charge in [-0.05, 0) is 66.5 Å². The minimum Gasteiger partial charge on any atom is -0.323 e. The van der Waals surface area contributed by atoms with E-state index in [1.807, 2.05) is 29.2 Å². The van der Waals surface area contributed by atoms with E-state index >= 15 is 0 Å². The van der Waals surface area contributed by atoms with Crippen molar-refractivity contribution in [2.45, 2.75) is 51.4 Å². The lowest BCUT2D eigenvalue weighted by atomic mass is 9.66. The van der Waals surface area contributed by atoms with Gasteiger partial charge in [0.15, 0.2) is 0 Å². The predicted octanol–water partition coefficient (Wildman–Crippen LogP) is 5.67. The summed E-state index contributed by atoms with van der Waals surface area (Å²) in [6.07, 6.45) is 2.69. The minimum absolute atomic E-state index is 0.00858. The molecule has 186 valence electrons. The van der Waals surface area contributed by atoms with Crippen LogP contribution in [0.15, 0.2) is 42.5 Å². The number of benzene rings is 1. The average molecular weight is 490 g/mol. The summed E-state index contributed by atoms with van der Waals surface area (Å²) in [6.45, 7) is 8.55. The zero-order valence-electron chi connectivity index (χ0n) is 20.8. The molecule has 0 N–H and O–H groups in total. The molecule has 2 fully saturated rings. The number of halogens is 2. The van der Waals surface area contributed by atoms with Gasteiger partial charge >= 0.3 is 6.03 Å². The Morgan fingerprint density at radius 1 is 1.06 bits per heavy atom. The third-order valence-corrected chi connectivity index (χ3v) is 8.64. The molecule has 3 aromatic rings. The number of amides is 2. The highest BCUT2D eigenvalue weighted by Gasteiger charge is 2.65. The molecule has 1 saturated carbocycles. The van der Waals surface area contributed by atoms with Crippen LogP contribution in [0.1, 0.15) is 62.9 Å². The molecule has 8 heteroatoms. The first-order chi connectivity index (χ1) is 17.3. The average Bonchev–Trinajstić information content (AvgIpc) is 3.42. The summed E-state index contributed by atoms with van der Waals surface area (Å²) >= 11 is 0. The second kappa shape index (κ2) is 8.05. The molecule has 1 saturated heterocycles. The number of carbonyl (C=O) groups is 1. The van der Waals surface area contributed by atoms with E-state index in [0.717, 1.165) is 42.8 Å². The molecule has 0 unspecified atom stereocenters. The summed E-state index contributed by atoms with van der Waals surface area (Å²) in [5, 5.41) is 8.92. The van der Waals surface area contributed by atoms with Gasteiger partial charge in [-0.1, -0.05) is 32.9 Å². The second-order valence-corrected chi connectivity index (χ2v) is 10.7. The van der Waals surface area contributed by atoms with E-state index in [4.69, 9.17) is 4.98 Å². The molecule has 6 nitrogen and oxygen atoms in total. The van der Waals surface area contributed by atoms with Crippen molar-refractivity contribution in [3.8, 4) is 11.3 Å². The summed E-state index contributed by atoms with van der Waals surface area (Å²) in [5.41, 5.74) is 2.02. The van der Waals surface area contributed by atoms with E-state index in [2.05, 4.69) is 31.0 Å². The summed E-state index contributed by atoms with van der Waals surface area (Å²) in [7, 11) is 0. The zero-order valence-corrected chi connectivity index (χ0v) is 20.8. The first-order valence-corrected chi connectivity index (χ1v) is 12.7. The fraction of sp³-hybridized carbons (Fsp3) is 0.429. The van der Waals surface area contributed by atoms with Crippen LogP contribution in [0.2, 0.25) is 0 Å². The van der Waals surface area contributed by atoms with E-state index < -0.39 is 17.0 Å². The quantitative estimate of drug-likeness (QED) is 0.463. The van der Waals surface area contributed by atoms with Crippen molar-refractivity contribution < 1.29 is 13.6 Å². The molecule has 0 radical (unpaired) electrons. The van der Waals surface area contributed by atoms with Crippen LogP contribution in [0.3, 0.4) is 0 Å². The SMILES string of the molecule is CCCN1CCN(c2cccc([C@@]34CC[C@@H](c5cc(-c6c(F)cccc6F)nnc53)C4(C)C)n2)C1=O. The molecule has 2 bridgehead atoms. The molecule has 2 atom stereocenters. The Morgan fingerprint density at radius 3 is 2.56 bits per heavy atom. The van der Waals surface area contributed by atoms with Gasteiger partial charge in [-0.25, -0.2) is 18.6 Å². The molecular weight excluding hydrogens is 460 g/mol. The lowest BCUT2D eigenvalue weighted by molar-refractivity contribution is 0.220. The van der Waals surface area contributed by atoms with Gasteiger partial charge in [0.2, 0.25) is 0 Å². The maximum absolute atomic E-state index is 14.5. The van der Waals surface area contributed by atoms with Gasteiger partial charge in [-0.2, -0.15) is 5.10 Å². The van der Waals surface area contributed by atoms with Crippen LogP contribution in [0.4, 0.5) is 19.4 Å². The lowest BCUT2D eigenvalue weighted by Gasteiger charge is -2.37. The van der Waals surface area contributed by atoms with Gasteiger partial charge in [0, 0.05) is 19.6 Å². The molecule has 3 aliphatic rings. The molecule has 1 aromatic carbocycles. The third kappa shape index (κ3) is 2.99. The van der Waals surface area contributed by atoms with Crippen molar-refractivity contribution in [2.24, 2.45) is 5.41 Å². The highest BCUT2D eigenvalue weighted by Crippen LogP contribution is 2.69. The molecular formula is C28H29F2N5O. The monoisotopic (exact) mass is 489 g/mol. The van der Waals surface area contributed by atoms with Crippen molar-refractivity contribution in [3.63, 3.8) is 0 Å². The molecule has 2 amide bonds. The largest absolute Gasteiger partial charge is 0.325 e. The fourth-order valence-electron chi connectivity index (χ4n) is 6.84. The van der Waals surface area contributed by atoms with Gasteiger partial charge in [0.05, 0.1) is 28.1 Å². The fourth-order valence-corrected chi connectivity index (χ4v) is 6.84. The summed E-state index contributed by atoms with van der Waals surface area (Å²) in [6, 6.07) is 11.5. The van der Waals surface area contributed by atoms with Crippen molar-refractivity contribution in [1.29, 1.82) is 0 Å². The lowest BCUT2D eigenvalue weighted by Crippen LogP contribution is -2.38. The summed E-state index contributed by atoms with van der Waals surface area (Å²) < 4.78 is 29.0. The summed E-state index contributed by atoms with van der Waals surface area (Å²) in [4.78, 5) is 21.6. The molecule has 2 aromatic heterocycles. The second-order valence-electron chi connectivity index (χ2n) is 10.7. The smallest absolute Gasteiger partial charge is 0.323 e. The van der Waals surface area contributed by atoms with Crippen LogP contribution in [-0.2, 0) is 5.41 Å². The zero-order chi connectivity index (χ0) is 25.2. The van der Waals surface area contributed by atoms with E-state index in [1.54, 1.807) is 4.90 Å². The maximum Gasteiger partial charge on any atom is 0.325 e. The third-order valence-electron chi connectivity index (χ3n) is 8.64. The van der Waals surface area contributed by atoms with Gasteiger partial charge in [0.1, 0.15) is 17.5 Å². The number of anilines is 1. The Balaban J connectivity index is 1.44. The molecule has 36 heavy (non-hydrogen) atoms. The first-order valence-electron chi connectivity index (χ1n) is 12.7. The van der Waals surface area contributed by atoms with Crippen molar-refractivity contribution in [1.82, 2.24) is 20.1 Å². The molecule has 2 aliphatic carbocycles. The van der Waals surface area contributed by atoms with Crippen LogP contribution >= 0.6 is 0 Å². The summed E-state index contributed by atoms with van der Waals surface area (Å²) in [5.74, 6) is -0.488. The first kappa shape index (κ1) is 23.0. The Kier molecular flexibility index (Phi) is 5.14. The van der Waals surface area contributed by atoms with Crippen LogP contribution in [0, 0.1) is 17.0 Å². The normalized spacial score (nSPS) is 24.0. The number of nitrogens with zero attached hydrogens (tertiary/aromatic N) is 5. The number of rotatable bonds is 5. The van der Waals surface area contributed by atoms with Crippen LogP contribution in [-0.4, -0.2) is 45.7 Å². The van der Waals surface area contributed by atoms with Crippen molar-refractivity contribution in [3.05, 3.63) is 71.1 Å². The molecule has 0 spiro atoms. The minimum atomic E-state index is -0.650. The number of carbonyl (C=O) groups excluding carboxylic acids is 1. The number of pyridine rings is 1. The Hall–Kier alpha value is -3.42. The molecule has 1 aliphatic heterocycles. The Morgan fingerprint density at radius 2 is 1.81 bits per heavy atom. The number of urea groups is 1. The predicted molar refractivity (Wildman–Crippen MR) is 133 cm³/mol. The van der Waals surface area contributed by atoms with Crippen LogP contribution in [0.25, 0.3) is 11.3 Å². The number of fused-ring (bicyclic) bond motifs is 5. The van der Waals surface area contributed by atoms with E-state index in [0.29, 0.717) is 18.9 Å². The Bertz CT molecular complexity index is 1360. The molecule has 6 rings (SSSR count). The van der Waals surface area contributed by atoms with Crippen LogP contribution in [0.5, 0.6) is 0 Å². The highest BCUT2D eigenvalue weighted by molar-refractivity contribution is 5.93. The van der Waals surface area contributed by atoms with E-state index in [-0.39, 0.29) is 28.6 Å². The maximum atomic E-state index is 14.5. The van der Waals surface area contributed by atoms with Gasteiger partial charge in [0.25, 0.3) is 0 Å². The Labute approximate surface area is 209 Å². The number of hydrogen-bond acceptors (Lipinski definition) is 4. The van der Waals surface area contributed by atoms with Crippen LogP contribution < -0.4 is 4.90 Å². The van der Waals surface area contributed by atoms with Crippen molar-refractivity contribution >= 4 is 11.8 Å². The van der Waals surface area contributed by atoms with Gasteiger partial charge < -0.3 is 4.90 Å². The molecule has 3 heterocycles. The van der Waals surface area contributed by atoms with Crippen molar-refractivity contribution in [2.75, 3.05) is 24.5 Å². The number of aromatic nitrogens is 3. The van der Waals surface area contributed by atoms with E-state index in [1.165, 1.54) is 18.2 Å². The number of hydrogen-bond donors (Lipinski definition) is 0. The van der Waals surface area contributed by atoms with Gasteiger partial charge in [-0.3, -0.25) is 4.90 Å². The standard InChI is InChI=1S/C28H29F2N5O/c1-4-13-34-14-15-35(26(34)36)23-10-6-9-22(31-23)28-12-11-18(27(28,2)3)17-16-21(32-33-25(17)28)24-19(29)7-5-8-20(24)30/h5-10,16,18H,4,11-15H2,1-3H3/t18-,28-/m0/s1.